The molecule has 3 nitrogen and oxygen atoms in total. The predicted molar refractivity (Wildman–Crippen MR) is 63.2 cm³/mol. The van der Waals surface area contributed by atoms with Crippen LogP contribution in [0.4, 0.5) is 0 Å². The van der Waals surface area contributed by atoms with E-state index in [1.165, 1.54) is 37.1 Å². The lowest BCUT2D eigenvalue weighted by Gasteiger charge is -2.18. The predicted octanol–water partition coefficient (Wildman–Crippen LogP) is 2.43. The molecule has 16 heavy (non-hydrogen) atoms. The summed E-state index contributed by atoms with van der Waals surface area (Å²) < 4.78 is 0. The summed E-state index contributed by atoms with van der Waals surface area (Å²) in [5.74, 6) is 2.18. The van der Waals surface area contributed by atoms with Gasteiger partial charge in [-0.2, -0.15) is 0 Å². The van der Waals surface area contributed by atoms with Crippen molar-refractivity contribution < 1.29 is 0 Å². The van der Waals surface area contributed by atoms with Crippen molar-refractivity contribution >= 4 is 0 Å². The first-order chi connectivity index (χ1) is 7.54. The molecule has 0 aromatic carbocycles. The summed E-state index contributed by atoms with van der Waals surface area (Å²) in [6, 6.07) is 2.21. The Morgan fingerprint density at radius 1 is 1.06 bits per heavy atom. The zero-order valence-electron chi connectivity index (χ0n) is 10.0. The van der Waals surface area contributed by atoms with Gasteiger partial charge < -0.3 is 5.73 Å². The van der Waals surface area contributed by atoms with Crippen LogP contribution >= 0.6 is 0 Å². The van der Waals surface area contributed by atoms with E-state index in [0.29, 0.717) is 11.8 Å². The van der Waals surface area contributed by atoms with E-state index >= 15 is 0 Å². The van der Waals surface area contributed by atoms with Gasteiger partial charge in [-0.05, 0) is 45.6 Å². The molecule has 2 fully saturated rings. The van der Waals surface area contributed by atoms with Gasteiger partial charge in [0.25, 0.3) is 0 Å². The molecule has 0 radical (unpaired) electrons. The van der Waals surface area contributed by atoms with Crippen molar-refractivity contribution in [2.45, 2.75) is 56.9 Å². The van der Waals surface area contributed by atoms with Crippen molar-refractivity contribution in [3.8, 4) is 0 Å². The van der Waals surface area contributed by atoms with Gasteiger partial charge >= 0.3 is 0 Å². The van der Waals surface area contributed by atoms with Crippen LogP contribution in [-0.2, 0) is 5.54 Å². The summed E-state index contributed by atoms with van der Waals surface area (Å²) in [4.78, 5) is 9.28. The summed E-state index contributed by atoms with van der Waals surface area (Å²) >= 11 is 0. The Bertz CT molecular complexity index is 381. The monoisotopic (exact) mass is 217 g/mol. The standard InChI is InChI=1S/C13H19N3/c1-13(2,14)12-15-10(8-3-4-8)7-11(16-12)9-5-6-9/h7-9H,3-6,14H2,1-2H3. The Hall–Kier alpha value is -0.960. The highest BCUT2D eigenvalue weighted by atomic mass is 15.0. The number of nitrogens with zero attached hydrogens (tertiary/aromatic N) is 2. The summed E-state index contributed by atoms with van der Waals surface area (Å²) in [6.45, 7) is 3.96. The first kappa shape index (κ1) is 10.2. The van der Waals surface area contributed by atoms with Gasteiger partial charge in [-0.15, -0.1) is 0 Å². The second-order valence-corrected chi connectivity index (χ2v) is 5.81. The normalized spacial score (nSPS) is 21.2. The zero-order chi connectivity index (χ0) is 11.3. The fourth-order valence-electron chi connectivity index (χ4n) is 1.95. The molecule has 0 aliphatic heterocycles. The molecule has 0 amide bonds. The smallest absolute Gasteiger partial charge is 0.148 e. The van der Waals surface area contributed by atoms with E-state index in [1.807, 2.05) is 13.8 Å². The first-order valence-corrected chi connectivity index (χ1v) is 6.22. The van der Waals surface area contributed by atoms with Crippen LogP contribution in [0.3, 0.4) is 0 Å². The third kappa shape index (κ3) is 1.96. The molecule has 2 aliphatic carbocycles. The van der Waals surface area contributed by atoms with Gasteiger partial charge in [0.05, 0.1) is 5.54 Å². The molecule has 2 aliphatic rings. The van der Waals surface area contributed by atoms with Crippen molar-refractivity contribution in [1.82, 2.24) is 9.97 Å². The van der Waals surface area contributed by atoms with Crippen molar-refractivity contribution in [3.63, 3.8) is 0 Å². The maximum absolute atomic E-state index is 6.11. The number of aromatic nitrogens is 2. The second-order valence-electron chi connectivity index (χ2n) is 5.81. The highest BCUT2D eigenvalue weighted by molar-refractivity contribution is 5.25. The average molecular weight is 217 g/mol. The summed E-state index contributed by atoms with van der Waals surface area (Å²) in [7, 11) is 0. The summed E-state index contributed by atoms with van der Waals surface area (Å²) in [6.07, 6.45) is 5.13. The Morgan fingerprint density at radius 3 is 1.81 bits per heavy atom. The fraction of sp³-hybridized carbons (Fsp3) is 0.692. The van der Waals surface area contributed by atoms with Gasteiger partial charge in [0.2, 0.25) is 0 Å². The highest BCUT2D eigenvalue weighted by Gasteiger charge is 2.32. The number of hydrogen-bond acceptors (Lipinski definition) is 3. The minimum absolute atomic E-state index is 0.422. The quantitative estimate of drug-likeness (QED) is 0.846. The minimum atomic E-state index is -0.422. The Morgan fingerprint density at radius 2 is 1.50 bits per heavy atom. The second kappa shape index (κ2) is 3.27. The molecule has 0 atom stereocenters. The highest BCUT2D eigenvalue weighted by Crippen LogP contribution is 2.43. The molecule has 2 saturated carbocycles. The van der Waals surface area contributed by atoms with Crippen LogP contribution < -0.4 is 5.73 Å². The molecule has 0 saturated heterocycles. The Balaban J connectivity index is 2.02. The Kier molecular flexibility index (Phi) is 2.08. The molecule has 86 valence electrons. The Labute approximate surface area is 96.5 Å². The van der Waals surface area contributed by atoms with Gasteiger partial charge in [-0.1, -0.05) is 0 Å². The molecular weight excluding hydrogens is 198 g/mol. The van der Waals surface area contributed by atoms with E-state index in [1.54, 1.807) is 0 Å². The topological polar surface area (TPSA) is 51.8 Å². The molecule has 0 unspecified atom stereocenters. The molecule has 1 aromatic heterocycles. The van der Waals surface area contributed by atoms with Gasteiger partial charge in [-0.25, -0.2) is 9.97 Å². The van der Waals surface area contributed by atoms with E-state index in [-0.39, 0.29) is 0 Å². The van der Waals surface area contributed by atoms with Gasteiger partial charge in [-0.3, -0.25) is 0 Å². The summed E-state index contributed by atoms with van der Waals surface area (Å²) in [5.41, 5.74) is 8.14. The molecule has 3 rings (SSSR count). The van der Waals surface area contributed by atoms with Crippen molar-refractivity contribution in [1.29, 1.82) is 0 Å². The van der Waals surface area contributed by atoms with Crippen molar-refractivity contribution in [2.75, 3.05) is 0 Å². The molecule has 3 heteroatoms. The molecule has 0 spiro atoms. The van der Waals surface area contributed by atoms with Gasteiger partial charge in [0.1, 0.15) is 5.82 Å². The SMILES string of the molecule is CC(C)(N)c1nc(C2CC2)cc(C2CC2)n1. The maximum atomic E-state index is 6.11. The number of nitrogens with two attached hydrogens (primary N) is 1. The third-order valence-electron chi connectivity index (χ3n) is 3.33. The van der Waals surface area contributed by atoms with Crippen molar-refractivity contribution in [3.05, 3.63) is 23.3 Å². The molecular formula is C13H19N3. The zero-order valence-corrected chi connectivity index (χ0v) is 10.0. The molecule has 0 bridgehead atoms. The maximum Gasteiger partial charge on any atom is 0.148 e. The lowest BCUT2D eigenvalue weighted by Crippen LogP contribution is -2.32. The fourth-order valence-corrected chi connectivity index (χ4v) is 1.95. The average Bonchev–Trinajstić information content (AvgIpc) is 3.07. The van der Waals surface area contributed by atoms with E-state index in [4.69, 9.17) is 5.73 Å². The lowest BCUT2D eigenvalue weighted by molar-refractivity contribution is 0.507. The first-order valence-electron chi connectivity index (χ1n) is 6.22. The van der Waals surface area contributed by atoms with Crippen LogP contribution in [0.1, 0.15) is 68.6 Å². The van der Waals surface area contributed by atoms with Crippen LogP contribution in [0, 0.1) is 0 Å². The van der Waals surface area contributed by atoms with E-state index in [0.717, 1.165) is 5.82 Å². The van der Waals surface area contributed by atoms with Crippen LogP contribution in [0.25, 0.3) is 0 Å². The van der Waals surface area contributed by atoms with Gasteiger partial charge in [0.15, 0.2) is 0 Å². The lowest BCUT2D eigenvalue weighted by atomic mass is 10.1. The molecule has 1 heterocycles. The summed E-state index contributed by atoms with van der Waals surface area (Å²) in [5, 5.41) is 0. The minimum Gasteiger partial charge on any atom is -0.319 e. The third-order valence-corrected chi connectivity index (χ3v) is 3.33. The largest absolute Gasteiger partial charge is 0.319 e. The van der Waals surface area contributed by atoms with E-state index < -0.39 is 5.54 Å². The number of hydrogen-bond donors (Lipinski definition) is 1. The van der Waals surface area contributed by atoms with E-state index in [2.05, 4.69) is 16.0 Å². The van der Waals surface area contributed by atoms with Gasteiger partial charge in [0, 0.05) is 23.2 Å². The molecule has 1 aromatic rings. The van der Waals surface area contributed by atoms with Crippen LogP contribution in [0.2, 0.25) is 0 Å². The molecule has 2 N–H and O–H groups in total. The van der Waals surface area contributed by atoms with Crippen LogP contribution in [0.15, 0.2) is 6.07 Å². The van der Waals surface area contributed by atoms with Crippen molar-refractivity contribution in [2.24, 2.45) is 5.73 Å². The van der Waals surface area contributed by atoms with E-state index in [9.17, 15) is 0 Å². The number of rotatable bonds is 3. The van der Waals surface area contributed by atoms with Crippen LogP contribution in [0.5, 0.6) is 0 Å². The van der Waals surface area contributed by atoms with Crippen LogP contribution in [-0.4, -0.2) is 9.97 Å².